The highest BCUT2D eigenvalue weighted by molar-refractivity contribution is 6.33. The van der Waals surface area contributed by atoms with Crippen LogP contribution in [-0.2, 0) is 16.0 Å². The van der Waals surface area contributed by atoms with E-state index in [4.69, 9.17) is 37.4 Å². The first-order valence-corrected chi connectivity index (χ1v) is 13.4. The number of amides is 2. The number of carbonyl (C=O) groups is 3. The Hall–Kier alpha value is -3.79. The fraction of sp³-hybridized carbons (Fsp3) is 0.276. The van der Waals surface area contributed by atoms with Gasteiger partial charge in [-0.3, -0.25) is 4.79 Å². The number of benzene rings is 3. The normalized spacial score (nSPS) is 15.7. The highest BCUT2D eigenvalue weighted by Gasteiger charge is 2.35. The number of likely N-dealkylation sites (tertiary alicyclic amines) is 1. The van der Waals surface area contributed by atoms with Gasteiger partial charge in [0.2, 0.25) is 5.69 Å². The van der Waals surface area contributed by atoms with E-state index < -0.39 is 23.7 Å². The highest BCUT2D eigenvalue weighted by Crippen LogP contribution is 2.29. The Morgan fingerprint density at radius 1 is 1.00 bits per heavy atom. The van der Waals surface area contributed by atoms with Crippen LogP contribution in [0.25, 0.3) is 0 Å². The van der Waals surface area contributed by atoms with Crippen molar-refractivity contribution in [2.75, 3.05) is 31.4 Å². The Balaban J connectivity index is 1.37. The maximum Gasteiger partial charge on any atom is 0.337 e. The van der Waals surface area contributed by atoms with Crippen molar-refractivity contribution in [3.8, 4) is 11.5 Å². The number of rotatable bonds is 10. The van der Waals surface area contributed by atoms with Gasteiger partial charge in [-0.05, 0) is 66.9 Å². The zero-order chi connectivity index (χ0) is 28.6. The summed E-state index contributed by atoms with van der Waals surface area (Å²) >= 11 is 12.7. The van der Waals surface area contributed by atoms with Crippen LogP contribution in [0.2, 0.25) is 5.02 Å². The Kier molecular flexibility index (Phi) is 9.87. The van der Waals surface area contributed by atoms with E-state index in [9.17, 15) is 14.4 Å². The van der Waals surface area contributed by atoms with Crippen molar-refractivity contribution in [3.05, 3.63) is 82.9 Å². The minimum absolute atomic E-state index is 0.00739. The van der Waals surface area contributed by atoms with E-state index in [-0.39, 0.29) is 12.2 Å². The van der Waals surface area contributed by atoms with Crippen molar-refractivity contribution in [3.63, 3.8) is 0 Å². The number of nitrogens with one attached hydrogen (secondary N) is 2. The van der Waals surface area contributed by atoms with Gasteiger partial charge in [-0.15, -0.1) is 0 Å². The number of halogens is 2. The van der Waals surface area contributed by atoms with Gasteiger partial charge in [0, 0.05) is 13.0 Å². The van der Waals surface area contributed by atoms with Crippen LogP contribution in [0.1, 0.15) is 28.8 Å². The molecule has 210 valence electrons. The van der Waals surface area contributed by atoms with Gasteiger partial charge in [0.05, 0.1) is 42.2 Å². The quantitative estimate of drug-likeness (QED) is 0.172. The van der Waals surface area contributed by atoms with Crippen molar-refractivity contribution in [2.45, 2.75) is 31.0 Å². The Morgan fingerprint density at radius 3 is 2.42 bits per heavy atom. The average Bonchev–Trinajstić information content (AvgIpc) is 3.46. The number of ether oxygens (including phenoxy) is 3. The number of esters is 1. The monoisotopic (exact) mass is 585 g/mol. The van der Waals surface area contributed by atoms with E-state index >= 15 is 0 Å². The largest absolute Gasteiger partial charge is 0.495 e. The molecule has 1 aliphatic rings. The first-order valence-electron chi connectivity index (χ1n) is 12.6. The molecule has 3 aromatic carbocycles. The van der Waals surface area contributed by atoms with Gasteiger partial charge in [-0.2, -0.15) is 0 Å². The Morgan fingerprint density at radius 2 is 1.73 bits per heavy atom. The lowest BCUT2D eigenvalue weighted by molar-refractivity contribution is -0.124. The van der Waals surface area contributed by atoms with Crippen molar-refractivity contribution in [1.29, 1.82) is 0 Å². The minimum Gasteiger partial charge on any atom is -0.495 e. The van der Waals surface area contributed by atoms with E-state index in [1.165, 1.54) is 14.2 Å². The number of nitrogens with zero attached hydrogens (tertiary/aromatic N) is 1. The van der Waals surface area contributed by atoms with Gasteiger partial charge in [0.1, 0.15) is 11.5 Å². The molecule has 2 N–H and O–H groups in total. The molecular formula is C29H29Cl2N3O6. The molecule has 11 heteroatoms. The van der Waals surface area contributed by atoms with Crippen molar-refractivity contribution in [2.24, 2.45) is 0 Å². The number of alkyl halides is 1. The Bertz CT molecular complexity index is 1370. The number of hydrogen-bond donors (Lipinski definition) is 2. The predicted octanol–water partition coefficient (Wildman–Crippen LogP) is 5.96. The van der Waals surface area contributed by atoms with Gasteiger partial charge in [0.25, 0.3) is 0 Å². The molecule has 40 heavy (non-hydrogen) atoms. The van der Waals surface area contributed by atoms with Gasteiger partial charge >= 0.3 is 12.0 Å². The second-order valence-electron chi connectivity index (χ2n) is 9.06. The van der Waals surface area contributed by atoms with Crippen LogP contribution in [-0.4, -0.2) is 55.2 Å². The van der Waals surface area contributed by atoms with Crippen LogP contribution in [0.5, 0.6) is 11.5 Å². The first kappa shape index (κ1) is 29.2. The van der Waals surface area contributed by atoms with E-state index in [1.54, 1.807) is 66.7 Å². The maximum absolute atomic E-state index is 13.3. The van der Waals surface area contributed by atoms with Crippen molar-refractivity contribution < 1.29 is 28.6 Å². The van der Waals surface area contributed by atoms with E-state index in [2.05, 4.69) is 10.6 Å². The summed E-state index contributed by atoms with van der Waals surface area (Å²) in [5.74, 6) is 0.431. The molecule has 0 spiro atoms. The molecule has 1 fully saturated rings. The molecule has 0 saturated carbocycles. The summed E-state index contributed by atoms with van der Waals surface area (Å²) < 4.78 is 16.0. The van der Waals surface area contributed by atoms with Crippen molar-refractivity contribution >= 4 is 52.4 Å². The fourth-order valence-corrected chi connectivity index (χ4v) is 4.97. The molecule has 0 bridgehead atoms. The molecule has 3 aromatic rings. The number of hydrogen-bond acceptors (Lipinski definition) is 7. The summed E-state index contributed by atoms with van der Waals surface area (Å²) in [5, 5.41) is 5.86. The van der Waals surface area contributed by atoms with Gasteiger partial charge in [0.15, 0.2) is 5.78 Å². The first-order chi connectivity index (χ1) is 19.3. The van der Waals surface area contributed by atoms with Gasteiger partial charge in [-0.25, -0.2) is 14.5 Å². The van der Waals surface area contributed by atoms with Crippen LogP contribution >= 0.6 is 23.2 Å². The molecule has 4 rings (SSSR count). The third-order valence-corrected chi connectivity index (χ3v) is 7.12. The van der Waals surface area contributed by atoms with Gasteiger partial charge in [-0.1, -0.05) is 41.4 Å². The van der Waals surface area contributed by atoms with E-state index in [0.29, 0.717) is 46.4 Å². The summed E-state index contributed by atoms with van der Waals surface area (Å²) in [6.45, 7) is 0.609. The number of carbonyl (C=O) groups excluding carboxylic acids is 3. The zero-order valence-electron chi connectivity index (χ0n) is 22.0. The molecule has 1 heterocycles. The number of urea groups is 1. The summed E-state index contributed by atoms with van der Waals surface area (Å²) in [7, 11) is 2.81. The molecule has 2 amide bonds. The molecule has 2 unspecified atom stereocenters. The second-order valence-corrected chi connectivity index (χ2v) is 9.84. The van der Waals surface area contributed by atoms with Crippen LogP contribution in [0, 0.1) is 0 Å². The summed E-state index contributed by atoms with van der Waals surface area (Å²) in [6.07, 6.45) is 1.61. The molecule has 0 radical (unpaired) electrons. The van der Waals surface area contributed by atoms with Crippen LogP contribution in [0.15, 0.2) is 66.7 Å². The summed E-state index contributed by atoms with van der Waals surface area (Å²) in [6, 6.07) is 17.6. The van der Waals surface area contributed by atoms with E-state index in [0.717, 1.165) is 12.0 Å². The van der Waals surface area contributed by atoms with Crippen LogP contribution in [0.3, 0.4) is 0 Å². The number of ketones is 1. The number of Topliss-reactive ketones (excluding diaryl/α,β-unsaturated/α-hetero) is 1. The molecule has 2 atom stereocenters. The lowest BCUT2D eigenvalue weighted by Gasteiger charge is -2.28. The predicted molar refractivity (Wildman–Crippen MR) is 154 cm³/mol. The van der Waals surface area contributed by atoms with Crippen LogP contribution < -0.4 is 20.1 Å². The standard InChI is InChI=1S/C29H29Cl2N3O6/c1-38-26-17-18(9-14-23(26)33-29(37)32-22-7-4-3-6-21(22)30)16-25(35)24-8-5-15-34(24)28(31)40-20-12-10-19(11-13-20)27(36)39-2/h3-4,6-7,9-14,17,24,28H,5,8,15-16H2,1-2H3,(H2,32,33,37). The zero-order valence-corrected chi connectivity index (χ0v) is 23.5. The van der Waals surface area contributed by atoms with Crippen LogP contribution in [0.4, 0.5) is 16.2 Å². The maximum atomic E-state index is 13.3. The minimum atomic E-state index is -0.863. The SMILES string of the molecule is COC(=O)c1ccc(OC(Cl)N2CCCC2C(=O)Cc2ccc(NC(=O)Nc3ccccc3Cl)c(OC)c2)cc1. The third-order valence-electron chi connectivity index (χ3n) is 6.45. The molecule has 9 nitrogen and oxygen atoms in total. The smallest absolute Gasteiger partial charge is 0.337 e. The summed E-state index contributed by atoms with van der Waals surface area (Å²) in [5.41, 5.74) is 1.18. The third kappa shape index (κ3) is 7.24. The number of methoxy groups -OCH3 is 2. The molecular weight excluding hydrogens is 557 g/mol. The second kappa shape index (κ2) is 13.5. The lowest BCUT2D eigenvalue weighted by Crippen LogP contribution is -2.43. The fourth-order valence-electron chi connectivity index (χ4n) is 4.45. The molecule has 1 aliphatic heterocycles. The topological polar surface area (TPSA) is 106 Å². The number of anilines is 2. The van der Waals surface area contributed by atoms with E-state index in [1.807, 2.05) is 4.90 Å². The Labute approximate surface area is 242 Å². The number of para-hydroxylation sites is 1. The molecule has 0 aliphatic carbocycles. The molecule has 1 saturated heterocycles. The molecule has 0 aromatic heterocycles. The summed E-state index contributed by atoms with van der Waals surface area (Å²) in [4.78, 5) is 39.2. The average molecular weight is 586 g/mol. The van der Waals surface area contributed by atoms with Crippen molar-refractivity contribution in [1.82, 2.24) is 4.90 Å². The highest BCUT2D eigenvalue weighted by atomic mass is 35.5. The lowest BCUT2D eigenvalue weighted by atomic mass is 10.0. The van der Waals surface area contributed by atoms with Gasteiger partial charge < -0.3 is 24.8 Å².